The van der Waals surface area contributed by atoms with E-state index in [-0.39, 0.29) is 24.6 Å². The zero-order valence-electron chi connectivity index (χ0n) is 16.4. The summed E-state index contributed by atoms with van der Waals surface area (Å²) < 4.78 is 0. The van der Waals surface area contributed by atoms with E-state index in [1.165, 1.54) is 0 Å². The van der Waals surface area contributed by atoms with E-state index in [1.54, 1.807) is 6.92 Å². The van der Waals surface area contributed by atoms with Crippen LogP contribution in [0.3, 0.4) is 0 Å². The van der Waals surface area contributed by atoms with Crippen molar-refractivity contribution in [1.29, 1.82) is 0 Å². The number of anilines is 1. The van der Waals surface area contributed by atoms with E-state index in [1.807, 2.05) is 45.9 Å². The summed E-state index contributed by atoms with van der Waals surface area (Å²) in [4.78, 5) is 38.7. The highest BCUT2D eigenvalue weighted by molar-refractivity contribution is 5.95. The molecule has 144 valence electrons. The molecule has 1 heterocycles. The minimum atomic E-state index is -0.512. The summed E-state index contributed by atoms with van der Waals surface area (Å²) in [7, 11) is 0. The molecule has 1 aromatic heterocycles. The highest BCUT2D eigenvalue weighted by atomic mass is 16.2. The van der Waals surface area contributed by atoms with Crippen LogP contribution in [0.25, 0.3) is 0 Å². The summed E-state index contributed by atoms with van der Waals surface area (Å²) in [5.41, 5.74) is 5.67. The molecule has 7 nitrogen and oxygen atoms in total. The van der Waals surface area contributed by atoms with E-state index in [0.29, 0.717) is 5.56 Å². The Morgan fingerprint density at radius 1 is 0.926 bits per heavy atom. The first kappa shape index (κ1) is 20.2. The second kappa shape index (κ2) is 8.53. The smallest absolute Gasteiger partial charge is 0.315 e. The standard InChI is InChI=1S/C20H26N4O3/c1-11-6-13(3)18(14(4)7-11)24-17(25)10-22-20(27)21-9-16-12(2)8-15(5)23-19(16)26/h6-8H,9-10H2,1-5H3,(H,23,26)(H,24,25)(H2,21,22,27). The molecule has 0 spiro atoms. The molecule has 27 heavy (non-hydrogen) atoms. The molecule has 0 atom stereocenters. The summed E-state index contributed by atoms with van der Waals surface area (Å²) >= 11 is 0. The number of urea groups is 1. The van der Waals surface area contributed by atoms with Crippen molar-refractivity contribution in [1.82, 2.24) is 15.6 Å². The molecule has 0 bridgehead atoms. The number of nitrogens with one attached hydrogen (secondary N) is 4. The van der Waals surface area contributed by atoms with Gasteiger partial charge in [-0.15, -0.1) is 0 Å². The van der Waals surface area contributed by atoms with E-state index < -0.39 is 6.03 Å². The number of H-pyrrole nitrogens is 1. The van der Waals surface area contributed by atoms with Gasteiger partial charge in [0.1, 0.15) is 0 Å². The van der Waals surface area contributed by atoms with Gasteiger partial charge in [0, 0.05) is 16.9 Å². The Labute approximate surface area is 158 Å². The highest BCUT2D eigenvalue weighted by Gasteiger charge is 2.11. The fourth-order valence-electron chi connectivity index (χ4n) is 3.05. The molecule has 4 N–H and O–H groups in total. The second-order valence-corrected chi connectivity index (χ2v) is 6.80. The van der Waals surface area contributed by atoms with E-state index >= 15 is 0 Å². The van der Waals surface area contributed by atoms with Crippen LogP contribution in [0.5, 0.6) is 0 Å². The SMILES string of the molecule is Cc1cc(C)c(NC(=O)CNC(=O)NCc2c(C)cc(C)[nH]c2=O)c(C)c1. The Kier molecular flexibility index (Phi) is 6.39. The minimum absolute atomic E-state index is 0.0884. The molecular formula is C20H26N4O3. The molecule has 3 amide bonds. The van der Waals surface area contributed by atoms with E-state index in [2.05, 4.69) is 20.9 Å². The van der Waals surface area contributed by atoms with Crippen molar-refractivity contribution in [2.24, 2.45) is 0 Å². The molecule has 0 fully saturated rings. The number of aromatic amines is 1. The number of pyridine rings is 1. The zero-order chi connectivity index (χ0) is 20.1. The summed E-state index contributed by atoms with van der Waals surface area (Å²) in [6.45, 7) is 9.39. The maximum absolute atomic E-state index is 12.1. The average molecular weight is 370 g/mol. The first-order chi connectivity index (χ1) is 12.7. The molecule has 0 unspecified atom stereocenters. The highest BCUT2D eigenvalue weighted by Crippen LogP contribution is 2.21. The van der Waals surface area contributed by atoms with Gasteiger partial charge in [0.2, 0.25) is 5.91 Å². The molecule has 0 aliphatic heterocycles. The molecular weight excluding hydrogens is 344 g/mol. The molecule has 1 aromatic carbocycles. The number of aromatic nitrogens is 1. The Hall–Kier alpha value is -3.09. The van der Waals surface area contributed by atoms with Gasteiger partial charge in [-0.05, 0) is 57.4 Å². The average Bonchev–Trinajstić information content (AvgIpc) is 2.55. The maximum atomic E-state index is 12.1. The Bertz CT molecular complexity index is 908. The lowest BCUT2D eigenvalue weighted by molar-refractivity contribution is -0.115. The van der Waals surface area contributed by atoms with Crippen LogP contribution >= 0.6 is 0 Å². The monoisotopic (exact) mass is 370 g/mol. The van der Waals surface area contributed by atoms with Crippen molar-refractivity contribution >= 4 is 17.6 Å². The first-order valence-corrected chi connectivity index (χ1v) is 8.76. The lowest BCUT2D eigenvalue weighted by Gasteiger charge is -2.13. The Balaban J connectivity index is 1.87. The summed E-state index contributed by atoms with van der Waals surface area (Å²) in [5.74, 6) is -0.315. The number of aryl methyl sites for hydroxylation is 5. The molecule has 2 rings (SSSR count). The van der Waals surface area contributed by atoms with Crippen molar-refractivity contribution in [2.75, 3.05) is 11.9 Å². The number of carbonyl (C=O) groups is 2. The molecule has 0 aliphatic rings. The van der Waals surface area contributed by atoms with E-state index in [4.69, 9.17) is 0 Å². The topological polar surface area (TPSA) is 103 Å². The van der Waals surface area contributed by atoms with Gasteiger partial charge >= 0.3 is 6.03 Å². The summed E-state index contributed by atoms with van der Waals surface area (Å²) in [6.07, 6.45) is 0. The number of benzene rings is 1. The van der Waals surface area contributed by atoms with Crippen LogP contribution in [-0.4, -0.2) is 23.5 Å². The minimum Gasteiger partial charge on any atom is -0.334 e. The number of hydrogen-bond acceptors (Lipinski definition) is 3. The normalized spacial score (nSPS) is 10.4. The fraction of sp³-hybridized carbons (Fsp3) is 0.350. The molecule has 0 radical (unpaired) electrons. The molecule has 2 aromatic rings. The second-order valence-electron chi connectivity index (χ2n) is 6.80. The van der Waals surface area contributed by atoms with Gasteiger partial charge in [-0.2, -0.15) is 0 Å². The van der Waals surface area contributed by atoms with Gasteiger partial charge in [-0.1, -0.05) is 17.7 Å². The number of amides is 3. The lowest BCUT2D eigenvalue weighted by atomic mass is 10.1. The molecule has 0 saturated carbocycles. The van der Waals surface area contributed by atoms with Crippen molar-refractivity contribution < 1.29 is 9.59 Å². The predicted molar refractivity (Wildman–Crippen MR) is 106 cm³/mol. The van der Waals surface area contributed by atoms with Crippen LogP contribution < -0.4 is 21.5 Å². The van der Waals surface area contributed by atoms with Crippen LogP contribution in [0, 0.1) is 34.6 Å². The zero-order valence-corrected chi connectivity index (χ0v) is 16.4. The van der Waals surface area contributed by atoms with Gasteiger partial charge in [0.25, 0.3) is 5.56 Å². The van der Waals surface area contributed by atoms with Crippen molar-refractivity contribution in [3.05, 3.63) is 62.1 Å². The molecule has 0 saturated heterocycles. The van der Waals surface area contributed by atoms with Crippen LogP contribution in [0.2, 0.25) is 0 Å². The number of hydrogen-bond donors (Lipinski definition) is 4. The third-order valence-corrected chi connectivity index (χ3v) is 4.27. The predicted octanol–water partition coefficient (Wildman–Crippen LogP) is 2.35. The van der Waals surface area contributed by atoms with Crippen molar-refractivity contribution in [3.63, 3.8) is 0 Å². The third kappa shape index (κ3) is 5.44. The third-order valence-electron chi connectivity index (χ3n) is 4.27. The van der Waals surface area contributed by atoms with Crippen LogP contribution in [0.15, 0.2) is 23.0 Å². The summed E-state index contributed by atoms with van der Waals surface area (Å²) in [6, 6.07) is 5.31. The molecule has 7 heteroatoms. The van der Waals surface area contributed by atoms with Crippen LogP contribution in [-0.2, 0) is 11.3 Å². The van der Waals surface area contributed by atoms with Gasteiger partial charge in [-0.3, -0.25) is 9.59 Å². The number of carbonyl (C=O) groups excluding carboxylic acids is 2. The lowest BCUT2D eigenvalue weighted by Crippen LogP contribution is -2.40. The fourth-order valence-corrected chi connectivity index (χ4v) is 3.05. The van der Waals surface area contributed by atoms with Gasteiger partial charge in [-0.25, -0.2) is 4.79 Å². The van der Waals surface area contributed by atoms with Crippen LogP contribution in [0.4, 0.5) is 10.5 Å². The Morgan fingerprint density at radius 3 is 2.15 bits per heavy atom. The van der Waals surface area contributed by atoms with Crippen LogP contribution in [0.1, 0.15) is 33.5 Å². The van der Waals surface area contributed by atoms with Gasteiger partial charge in [0.05, 0.1) is 13.1 Å². The van der Waals surface area contributed by atoms with E-state index in [9.17, 15) is 14.4 Å². The molecule has 0 aliphatic carbocycles. The van der Waals surface area contributed by atoms with Gasteiger partial charge < -0.3 is 20.9 Å². The number of rotatable bonds is 5. The summed E-state index contributed by atoms with van der Waals surface area (Å²) in [5, 5.41) is 7.92. The largest absolute Gasteiger partial charge is 0.334 e. The van der Waals surface area contributed by atoms with Gasteiger partial charge in [0.15, 0.2) is 0 Å². The first-order valence-electron chi connectivity index (χ1n) is 8.76. The van der Waals surface area contributed by atoms with Crippen molar-refractivity contribution in [2.45, 2.75) is 41.2 Å². The van der Waals surface area contributed by atoms with Crippen molar-refractivity contribution in [3.8, 4) is 0 Å². The maximum Gasteiger partial charge on any atom is 0.315 e. The Morgan fingerprint density at radius 2 is 1.56 bits per heavy atom. The van der Waals surface area contributed by atoms with E-state index in [0.717, 1.165) is 33.6 Å². The quantitative estimate of drug-likeness (QED) is 0.649.